The molecule has 0 atom stereocenters. The molecule has 5 nitrogen and oxygen atoms in total. The van der Waals surface area contributed by atoms with Crippen molar-refractivity contribution in [3.8, 4) is 11.4 Å². The quantitative estimate of drug-likeness (QED) is 0.916. The SMILES string of the molecule is CCn1nc(C(F)(F)F)cc1-c1cnc(N)c(Br)n1. The second kappa shape index (κ2) is 4.80. The van der Waals surface area contributed by atoms with Gasteiger partial charge < -0.3 is 5.73 Å². The number of aromatic nitrogens is 4. The number of rotatable bonds is 2. The number of anilines is 1. The first-order valence-corrected chi connectivity index (χ1v) is 6.05. The van der Waals surface area contributed by atoms with Gasteiger partial charge in [-0.05, 0) is 28.9 Å². The molecule has 2 rings (SSSR count). The van der Waals surface area contributed by atoms with Crippen molar-refractivity contribution in [2.75, 3.05) is 5.73 Å². The summed E-state index contributed by atoms with van der Waals surface area (Å²) in [5, 5.41) is 3.51. The average molecular weight is 336 g/mol. The molecule has 2 heterocycles. The normalized spacial score (nSPS) is 11.8. The maximum atomic E-state index is 12.6. The van der Waals surface area contributed by atoms with Gasteiger partial charge in [-0.1, -0.05) is 0 Å². The van der Waals surface area contributed by atoms with Crippen LogP contribution in [0.5, 0.6) is 0 Å². The first kappa shape index (κ1) is 13.8. The lowest BCUT2D eigenvalue weighted by molar-refractivity contribution is -0.141. The van der Waals surface area contributed by atoms with Crippen LogP contribution in [-0.2, 0) is 12.7 Å². The van der Waals surface area contributed by atoms with Crippen LogP contribution in [0.4, 0.5) is 19.0 Å². The summed E-state index contributed by atoms with van der Waals surface area (Å²) in [6.45, 7) is 1.98. The highest BCUT2D eigenvalue weighted by molar-refractivity contribution is 9.10. The number of hydrogen-bond acceptors (Lipinski definition) is 4. The number of nitrogen functional groups attached to an aromatic ring is 1. The van der Waals surface area contributed by atoms with Gasteiger partial charge in [-0.25, -0.2) is 9.97 Å². The maximum Gasteiger partial charge on any atom is 0.435 e. The summed E-state index contributed by atoms with van der Waals surface area (Å²) < 4.78 is 39.4. The minimum absolute atomic E-state index is 0.169. The molecular weight excluding hydrogens is 327 g/mol. The van der Waals surface area contributed by atoms with E-state index in [1.54, 1.807) is 6.92 Å². The molecule has 0 unspecified atom stereocenters. The number of nitrogens with two attached hydrogens (primary N) is 1. The van der Waals surface area contributed by atoms with Crippen LogP contribution >= 0.6 is 15.9 Å². The number of aryl methyl sites for hydroxylation is 1. The first-order chi connectivity index (χ1) is 8.82. The fraction of sp³-hybridized carbons (Fsp3) is 0.300. The summed E-state index contributed by atoms with van der Waals surface area (Å²) in [6, 6.07) is 0.941. The Hall–Kier alpha value is -1.64. The van der Waals surface area contributed by atoms with Crippen LogP contribution in [0.2, 0.25) is 0 Å². The lowest BCUT2D eigenvalue weighted by Crippen LogP contribution is -2.07. The van der Waals surface area contributed by atoms with E-state index in [9.17, 15) is 13.2 Å². The number of hydrogen-bond donors (Lipinski definition) is 1. The van der Waals surface area contributed by atoms with E-state index < -0.39 is 11.9 Å². The van der Waals surface area contributed by atoms with Crippen molar-refractivity contribution in [2.24, 2.45) is 0 Å². The third-order valence-electron chi connectivity index (χ3n) is 2.39. The van der Waals surface area contributed by atoms with Crippen LogP contribution in [0.3, 0.4) is 0 Å². The third kappa shape index (κ3) is 2.70. The van der Waals surface area contributed by atoms with Gasteiger partial charge in [0.25, 0.3) is 0 Å². The lowest BCUT2D eigenvalue weighted by Gasteiger charge is -2.04. The fourth-order valence-electron chi connectivity index (χ4n) is 1.50. The Bertz CT molecular complexity index is 608. The van der Waals surface area contributed by atoms with E-state index in [0.29, 0.717) is 0 Å². The van der Waals surface area contributed by atoms with Gasteiger partial charge in [0.2, 0.25) is 0 Å². The predicted molar refractivity (Wildman–Crippen MR) is 66.0 cm³/mol. The van der Waals surface area contributed by atoms with E-state index in [-0.39, 0.29) is 28.4 Å². The van der Waals surface area contributed by atoms with Crippen LogP contribution < -0.4 is 5.73 Å². The molecular formula is C10H9BrF3N5. The monoisotopic (exact) mass is 335 g/mol. The smallest absolute Gasteiger partial charge is 0.381 e. The van der Waals surface area contributed by atoms with E-state index in [4.69, 9.17) is 5.73 Å². The van der Waals surface area contributed by atoms with Crippen molar-refractivity contribution < 1.29 is 13.2 Å². The van der Waals surface area contributed by atoms with E-state index in [1.165, 1.54) is 10.9 Å². The summed E-state index contributed by atoms with van der Waals surface area (Å²) in [5.74, 6) is 0.169. The Kier molecular flexibility index (Phi) is 3.48. The molecule has 0 aliphatic heterocycles. The molecule has 0 aromatic carbocycles. The molecule has 0 saturated heterocycles. The van der Waals surface area contributed by atoms with Crippen molar-refractivity contribution in [2.45, 2.75) is 19.6 Å². The van der Waals surface area contributed by atoms with Gasteiger partial charge in [0, 0.05) is 6.54 Å². The van der Waals surface area contributed by atoms with E-state index in [0.717, 1.165) is 6.07 Å². The van der Waals surface area contributed by atoms with Gasteiger partial charge in [0.05, 0.1) is 11.9 Å². The highest BCUT2D eigenvalue weighted by Gasteiger charge is 2.35. The summed E-state index contributed by atoms with van der Waals surface area (Å²) in [4.78, 5) is 7.90. The minimum atomic E-state index is -4.49. The minimum Gasteiger partial charge on any atom is -0.381 e. The Morgan fingerprint density at radius 3 is 2.63 bits per heavy atom. The number of nitrogens with zero attached hydrogens (tertiary/aromatic N) is 4. The maximum absolute atomic E-state index is 12.6. The van der Waals surface area contributed by atoms with Gasteiger partial charge in [0.1, 0.15) is 10.3 Å². The molecule has 0 radical (unpaired) electrons. The molecule has 2 aromatic rings. The van der Waals surface area contributed by atoms with E-state index in [1.807, 2.05) is 0 Å². The molecule has 9 heteroatoms. The number of alkyl halides is 3. The molecule has 0 aliphatic carbocycles. The van der Waals surface area contributed by atoms with Gasteiger partial charge in [-0.3, -0.25) is 4.68 Å². The zero-order valence-corrected chi connectivity index (χ0v) is 11.3. The highest BCUT2D eigenvalue weighted by Crippen LogP contribution is 2.31. The molecule has 19 heavy (non-hydrogen) atoms. The second-order valence-corrected chi connectivity index (χ2v) is 4.41. The summed E-state index contributed by atoms with van der Waals surface area (Å²) in [5.41, 5.74) is 5.04. The van der Waals surface area contributed by atoms with Gasteiger partial charge >= 0.3 is 6.18 Å². The molecule has 0 bridgehead atoms. The van der Waals surface area contributed by atoms with Gasteiger partial charge in [-0.2, -0.15) is 18.3 Å². The first-order valence-electron chi connectivity index (χ1n) is 5.26. The van der Waals surface area contributed by atoms with Crippen molar-refractivity contribution in [1.29, 1.82) is 0 Å². The topological polar surface area (TPSA) is 69.6 Å². The summed E-state index contributed by atoms with van der Waals surface area (Å²) in [7, 11) is 0. The highest BCUT2D eigenvalue weighted by atomic mass is 79.9. The lowest BCUT2D eigenvalue weighted by atomic mass is 10.3. The second-order valence-electron chi connectivity index (χ2n) is 3.66. The molecule has 0 aliphatic rings. The molecule has 0 fully saturated rings. The van der Waals surface area contributed by atoms with Crippen LogP contribution in [-0.4, -0.2) is 19.7 Å². The largest absolute Gasteiger partial charge is 0.435 e. The van der Waals surface area contributed by atoms with E-state index in [2.05, 4.69) is 31.0 Å². The van der Waals surface area contributed by atoms with Crippen LogP contribution in [0.25, 0.3) is 11.4 Å². The van der Waals surface area contributed by atoms with Crippen LogP contribution in [0.1, 0.15) is 12.6 Å². The van der Waals surface area contributed by atoms with Crippen molar-refractivity contribution in [3.63, 3.8) is 0 Å². The van der Waals surface area contributed by atoms with Crippen molar-refractivity contribution in [1.82, 2.24) is 19.7 Å². The fourth-order valence-corrected chi connectivity index (χ4v) is 1.80. The molecule has 2 N–H and O–H groups in total. The molecule has 0 amide bonds. The third-order valence-corrected chi connectivity index (χ3v) is 2.97. The van der Waals surface area contributed by atoms with E-state index >= 15 is 0 Å². The zero-order chi connectivity index (χ0) is 14.2. The Labute approximate surface area is 114 Å². The standard InChI is InChI=1S/C10H9BrF3N5/c1-2-19-6(3-7(18-19)10(12,13)14)5-4-16-9(15)8(11)17-5/h3-4H,2H2,1H3,(H2,15,16). The van der Waals surface area contributed by atoms with Crippen molar-refractivity contribution in [3.05, 3.63) is 22.6 Å². The Morgan fingerprint density at radius 1 is 1.42 bits per heavy atom. The molecule has 0 saturated carbocycles. The van der Waals surface area contributed by atoms with Crippen LogP contribution in [0, 0.1) is 0 Å². The average Bonchev–Trinajstić information content (AvgIpc) is 2.76. The van der Waals surface area contributed by atoms with Crippen LogP contribution in [0.15, 0.2) is 16.9 Å². The van der Waals surface area contributed by atoms with Gasteiger partial charge in [-0.15, -0.1) is 0 Å². The molecule has 0 spiro atoms. The molecule has 102 valence electrons. The Morgan fingerprint density at radius 2 is 2.11 bits per heavy atom. The predicted octanol–water partition coefficient (Wildman–Crippen LogP) is 2.72. The number of halogens is 4. The van der Waals surface area contributed by atoms with Gasteiger partial charge in [0.15, 0.2) is 11.5 Å². The zero-order valence-electron chi connectivity index (χ0n) is 9.74. The van der Waals surface area contributed by atoms with Crippen molar-refractivity contribution >= 4 is 21.7 Å². The summed E-state index contributed by atoms with van der Waals surface area (Å²) >= 11 is 3.09. The summed E-state index contributed by atoms with van der Waals surface area (Å²) in [6.07, 6.45) is -3.18. The molecule has 2 aromatic heterocycles. The Balaban J connectivity index is 2.54.